The van der Waals surface area contributed by atoms with Crippen molar-refractivity contribution in [2.45, 2.75) is 4.90 Å². The van der Waals surface area contributed by atoms with Crippen LogP contribution >= 0.6 is 0 Å². The minimum Gasteiger partial charge on any atom is -0.593 e. The summed E-state index contributed by atoms with van der Waals surface area (Å²) in [4.78, 5) is 9.89. The van der Waals surface area contributed by atoms with E-state index in [1.54, 1.807) is 0 Å². The third-order valence-electron chi connectivity index (χ3n) is 1.58. The van der Waals surface area contributed by atoms with E-state index in [0.717, 1.165) is 0 Å². The molecule has 1 rings (SSSR count). The van der Waals surface area contributed by atoms with E-state index in [9.17, 15) is 14.7 Å². The number of rotatable bonds is 3. The summed E-state index contributed by atoms with van der Waals surface area (Å²) in [5.74, 6) is 0.325. The van der Waals surface area contributed by atoms with Crippen LogP contribution in [-0.2, 0) is 11.4 Å². The standard InChI is InChI=1S/C7H8N2O4S/c1-13-5-2-3-7(14(8)12)6(4-5)9(10)11/h2-4H,8H2,1H3. The monoisotopic (exact) mass is 216 g/mol. The molecule has 6 nitrogen and oxygen atoms in total. The van der Waals surface area contributed by atoms with Crippen molar-refractivity contribution in [1.82, 2.24) is 0 Å². The van der Waals surface area contributed by atoms with Crippen molar-refractivity contribution in [3.63, 3.8) is 0 Å². The van der Waals surface area contributed by atoms with Gasteiger partial charge in [-0.05, 0) is 6.07 Å². The highest BCUT2D eigenvalue weighted by Gasteiger charge is 2.23. The van der Waals surface area contributed by atoms with E-state index in [1.165, 1.54) is 25.3 Å². The van der Waals surface area contributed by atoms with Crippen molar-refractivity contribution < 1.29 is 14.2 Å². The molecule has 14 heavy (non-hydrogen) atoms. The van der Waals surface area contributed by atoms with Crippen molar-refractivity contribution in [2.24, 2.45) is 5.14 Å². The lowest BCUT2D eigenvalue weighted by atomic mass is 10.3. The average Bonchev–Trinajstić information content (AvgIpc) is 2.16. The Morgan fingerprint density at radius 2 is 2.21 bits per heavy atom. The molecule has 0 saturated heterocycles. The lowest BCUT2D eigenvalue weighted by molar-refractivity contribution is -0.387. The average molecular weight is 216 g/mol. The fraction of sp³-hybridized carbons (Fsp3) is 0.143. The van der Waals surface area contributed by atoms with Gasteiger partial charge in [0.1, 0.15) is 5.75 Å². The van der Waals surface area contributed by atoms with Crippen LogP contribution in [0.2, 0.25) is 0 Å². The van der Waals surface area contributed by atoms with Crippen molar-refractivity contribution in [1.29, 1.82) is 0 Å². The molecule has 0 saturated carbocycles. The highest BCUT2D eigenvalue weighted by molar-refractivity contribution is 7.89. The molecule has 0 aromatic heterocycles. The minimum absolute atomic E-state index is 0.0178. The van der Waals surface area contributed by atoms with Crippen LogP contribution < -0.4 is 9.88 Å². The molecule has 1 aromatic carbocycles. The van der Waals surface area contributed by atoms with E-state index in [-0.39, 0.29) is 10.6 Å². The molecule has 0 aliphatic heterocycles. The first-order valence-corrected chi connectivity index (χ1v) is 4.76. The maximum absolute atomic E-state index is 10.9. The van der Waals surface area contributed by atoms with Gasteiger partial charge >= 0.3 is 5.69 Å². The highest BCUT2D eigenvalue weighted by atomic mass is 32.2. The molecule has 0 aliphatic rings. The van der Waals surface area contributed by atoms with Gasteiger partial charge in [0.25, 0.3) is 4.90 Å². The smallest absolute Gasteiger partial charge is 0.329 e. The zero-order chi connectivity index (χ0) is 10.7. The summed E-state index contributed by atoms with van der Waals surface area (Å²) in [5, 5.41) is 15.6. The van der Waals surface area contributed by atoms with Gasteiger partial charge in [0, 0.05) is 6.07 Å². The third-order valence-corrected chi connectivity index (χ3v) is 2.36. The second-order valence-electron chi connectivity index (χ2n) is 2.39. The Labute approximate surface area is 83.1 Å². The number of methoxy groups -OCH3 is 1. The van der Waals surface area contributed by atoms with Crippen LogP contribution in [0.5, 0.6) is 5.75 Å². The summed E-state index contributed by atoms with van der Waals surface area (Å²) in [7, 11) is 1.39. The number of nitro benzene ring substituents is 1. The van der Waals surface area contributed by atoms with Gasteiger partial charge in [0.2, 0.25) is 0 Å². The second-order valence-corrected chi connectivity index (χ2v) is 3.42. The molecule has 0 spiro atoms. The maximum atomic E-state index is 10.9. The largest absolute Gasteiger partial charge is 0.593 e. The van der Waals surface area contributed by atoms with Gasteiger partial charge in [-0.1, -0.05) is 0 Å². The van der Waals surface area contributed by atoms with Crippen LogP contribution in [0.15, 0.2) is 23.1 Å². The Bertz CT molecular complexity index is 356. The van der Waals surface area contributed by atoms with Gasteiger partial charge in [-0.3, -0.25) is 10.1 Å². The molecule has 0 fully saturated rings. The highest BCUT2D eigenvalue weighted by Crippen LogP contribution is 2.27. The van der Waals surface area contributed by atoms with Crippen molar-refractivity contribution in [2.75, 3.05) is 7.11 Å². The molecule has 0 aliphatic carbocycles. The van der Waals surface area contributed by atoms with Gasteiger partial charge in [-0.2, -0.15) is 0 Å². The Hall–Kier alpha value is -1.31. The molecule has 0 heterocycles. The van der Waals surface area contributed by atoms with Gasteiger partial charge in [0.05, 0.1) is 29.5 Å². The first-order chi connectivity index (χ1) is 6.56. The van der Waals surface area contributed by atoms with Crippen molar-refractivity contribution in [3.05, 3.63) is 28.3 Å². The maximum Gasteiger partial charge on any atom is 0.329 e. The predicted octanol–water partition coefficient (Wildman–Crippen LogP) is 0.585. The molecular formula is C7H8N2O4S. The number of benzene rings is 1. The number of nitrogens with two attached hydrogens (primary N) is 1. The summed E-state index contributed by atoms with van der Waals surface area (Å²) in [6.07, 6.45) is 0. The quantitative estimate of drug-likeness (QED) is 0.452. The van der Waals surface area contributed by atoms with E-state index >= 15 is 0 Å². The lowest BCUT2D eigenvalue weighted by Crippen LogP contribution is -2.14. The number of hydrogen-bond acceptors (Lipinski definition) is 5. The van der Waals surface area contributed by atoms with Gasteiger partial charge in [-0.25, -0.2) is 0 Å². The van der Waals surface area contributed by atoms with E-state index < -0.39 is 16.3 Å². The topological polar surface area (TPSA) is 101 Å². The van der Waals surface area contributed by atoms with Crippen molar-refractivity contribution >= 4 is 17.0 Å². The lowest BCUT2D eigenvalue weighted by Gasteiger charge is -2.04. The molecule has 0 bridgehead atoms. The summed E-state index contributed by atoms with van der Waals surface area (Å²) < 4.78 is 15.7. The van der Waals surface area contributed by atoms with Crippen LogP contribution in [0.25, 0.3) is 0 Å². The fourth-order valence-corrected chi connectivity index (χ4v) is 1.48. The Kier molecular flexibility index (Phi) is 3.28. The number of nitro groups is 1. The van der Waals surface area contributed by atoms with E-state index in [0.29, 0.717) is 5.75 Å². The molecule has 0 amide bonds. The number of nitrogens with zero attached hydrogens (tertiary/aromatic N) is 1. The van der Waals surface area contributed by atoms with Crippen LogP contribution in [0.4, 0.5) is 5.69 Å². The molecule has 1 atom stereocenters. The van der Waals surface area contributed by atoms with Crippen molar-refractivity contribution in [3.8, 4) is 5.75 Å². The zero-order valence-electron chi connectivity index (χ0n) is 7.30. The minimum atomic E-state index is -1.87. The molecule has 1 unspecified atom stereocenters. The van der Waals surface area contributed by atoms with Gasteiger partial charge in [-0.15, -0.1) is 5.14 Å². The first-order valence-electron chi connectivity index (χ1n) is 3.55. The summed E-state index contributed by atoms with van der Waals surface area (Å²) in [6, 6.07) is 3.96. The van der Waals surface area contributed by atoms with Crippen LogP contribution in [0.1, 0.15) is 0 Å². The number of ether oxygens (including phenoxy) is 1. The molecule has 1 aromatic rings. The molecule has 0 radical (unpaired) electrons. The zero-order valence-corrected chi connectivity index (χ0v) is 8.11. The molecule has 76 valence electrons. The first kappa shape index (κ1) is 10.8. The Morgan fingerprint density at radius 1 is 1.57 bits per heavy atom. The fourth-order valence-electron chi connectivity index (χ4n) is 0.937. The molecular weight excluding hydrogens is 208 g/mol. The van der Waals surface area contributed by atoms with Gasteiger partial charge in [0.15, 0.2) is 0 Å². The van der Waals surface area contributed by atoms with E-state index in [4.69, 9.17) is 9.88 Å². The predicted molar refractivity (Wildman–Crippen MR) is 50.2 cm³/mol. The van der Waals surface area contributed by atoms with Gasteiger partial charge < -0.3 is 9.29 Å². The number of hydrogen-bond donors (Lipinski definition) is 1. The summed E-state index contributed by atoms with van der Waals surface area (Å²) >= 11 is -1.87. The second kappa shape index (κ2) is 4.27. The molecule has 7 heteroatoms. The van der Waals surface area contributed by atoms with Crippen LogP contribution in [0, 0.1) is 10.1 Å². The SMILES string of the molecule is COc1ccc([S+](N)[O-])c([N+](=O)[O-])c1. The van der Waals surface area contributed by atoms with Crippen LogP contribution in [0.3, 0.4) is 0 Å². The Balaban J connectivity index is 3.24. The normalized spacial score (nSPS) is 12.2. The van der Waals surface area contributed by atoms with Crippen LogP contribution in [-0.4, -0.2) is 16.6 Å². The Morgan fingerprint density at radius 3 is 2.64 bits per heavy atom. The summed E-state index contributed by atoms with van der Waals surface area (Å²) in [6.45, 7) is 0. The third kappa shape index (κ3) is 2.13. The summed E-state index contributed by atoms with van der Waals surface area (Å²) in [5.41, 5.74) is -0.301. The van der Waals surface area contributed by atoms with E-state index in [2.05, 4.69) is 0 Å². The molecule has 2 N–H and O–H groups in total. The van der Waals surface area contributed by atoms with E-state index in [1.807, 2.05) is 0 Å².